The Morgan fingerprint density at radius 3 is 2.15 bits per heavy atom. The lowest BCUT2D eigenvalue weighted by Gasteiger charge is -2.27. The molecule has 2 nitrogen and oxygen atoms in total. The van der Waals surface area contributed by atoms with E-state index < -0.39 is 8.32 Å². The summed E-state index contributed by atoms with van der Waals surface area (Å²) in [7, 11) is -1.60. The van der Waals surface area contributed by atoms with Gasteiger partial charge in [0.1, 0.15) is 0 Å². The van der Waals surface area contributed by atoms with E-state index in [0.29, 0.717) is 5.92 Å². The monoisotopic (exact) mass is 463 g/mol. The molecule has 0 radical (unpaired) electrons. The van der Waals surface area contributed by atoms with E-state index in [4.69, 9.17) is 4.43 Å². The molecule has 0 saturated heterocycles. The summed E-state index contributed by atoms with van der Waals surface area (Å²) in [5.74, 6) is 0.432. The largest absolute Gasteiger partial charge is 0.549 e. The maximum absolute atomic E-state index is 6.47. The van der Waals surface area contributed by atoms with Crippen molar-refractivity contribution in [2.75, 3.05) is 6.54 Å². The smallest absolute Gasteiger partial charge is 0.249 e. The van der Waals surface area contributed by atoms with Crippen molar-refractivity contribution in [3.8, 4) is 0 Å². The number of allylic oxidation sites excluding steroid dienone is 2. The molecule has 1 unspecified atom stereocenters. The van der Waals surface area contributed by atoms with Crippen LogP contribution in [-0.2, 0) is 11.0 Å². The molecule has 0 aliphatic heterocycles. The van der Waals surface area contributed by atoms with Gasteiger partial charge >= 0.3 is 0 Å². The fourth-order valence-electron chi connectivity index (χ4n) is 4.37. The fraction of sp³-hybridized carbons (Fsp3) is 0.467. The van der Waals surface area contributed by atoms with Crippen molar-refractivity contribution in [2.24, 2.45) is 5.92 Å². The summed E-state index contributed by atoms with van der Waals surface area (Å²) in [6.07, 6.45) is 11.4. The van der Waals surface area contributed by atoms with Gasteiger partial charge in [0.2, 0.25) is 8.32 Å². The van der Waals surface area contributed by atoms with E-state index in [1.807, 2.05) is 0 Å². The summed E-state index contributed by atoms with van der Waals surface area (Å²) < 4.78 is 6.47. The van der Waals surface area contributed by atoms with Crippen molar-refractivity contribution in [3.63, 3.8) is 0 Å². The Morgan fingerprint density at radius 1 is 0.909 bits per heavy atom. The van der Waals surface area contributed by atoms with E-state index in [2.05, 4.69) is 112 Å². The second-order valence-electron chi connectivity index (χ2n) is 8.98. The van der Waals surface area contributed by atoms with E-state index in [1.54, 1.807) is 0 Å². The van der Waals surface area contributed by atoms with Crippen LogP contribution >= 0.6 is 0 Å². The molecule has 0 heterocycles. The predicted octanol–water partition coefficient (Wildman–Crippen LogP) is 8.59. The average Bonchev–Trinajstić information content (AvgIpc) is 2.87. The molecule has 1 N–H and O–H groups in total. The van der Waals surface area contributed by atoms with Crippen LogP contribution in [0.15, 0.2) is 78.6 Å². The molecule has 2 aromatic rings. The standard InChI is InChI=1S/C30H45NOSi/c1-5-16-29(22-24-32-33(6-2,7-3)8-4)30(25-27-17-11-9-12-18-27)21-15-23-31-26-28-19-13-10-14-20-28/h9-14,17-20,22,24-25,29,31H,5-8,15-16,21,23,26H2,1-4H3/b24-22-,30-25+. The Morgan fingerprint density at radius 2 is 1.55 bits per heavy atom. The van der Waals surface area contributed by atoms with Crippen LogP contribution in [0.1, 0.15) is 64.5 Å². The average molecular weight is 464 g/mol. The summed E-state index contributed by atoms with van der Waals surface area (Å²) in [6, 6.07) is 25.0. The molecule has 0 amide bonds. The van der Waals surface area contributed by atoms with E-state index in [9.17, 15) is 0 Å². The quantitative estimate of drug-likeness (QED) is 0.153. The molecular weight excluding hydrogens is 418 g/mol. The Bertz CT molecular complexity index is 803. The highest BCUT2D eigenvalue weighted by Crippen LogP contribution is 2.27. The first-order valence-corrected chi connectivity index (χ1v) is 15.5. The lowest BCUT2D eigenvalue weighted by Crippen LogP contribution is -2.33. The SMILES string of the molecule is CCCC(/C=C\O[Si](CC)(CC)CC)/C(=C/c1ccccc1)CCCNCc1ccccc1. The van der Waals surface area contributed by atoms with Gasteiger partial charge in [-0.1, -0.05) is 106 Å². The first kappa shape index (κ1) is 27.1. The third-order valence-electron chi connectivity index (χ3n) is 6.78. The normalized spacial score (nSPS) is 13.4. The summed E-state index contributed by atoms with van der Waals surface area (Å²) in [5, 5.41) is 3.61. The van der Waals surface area contributed by atoms with Crippen molar-refractivity contribution in [1.29, 1.82) is 0 Å². The summed E-state index contributed by atoms with van der Waals surface area (Å²) in [6.45, 7) is 11.1. The molecule has 33 heavy (non-hydrogen) atoms. The van der Waals surface area contributed by atoms with E-state index in [0.717, 1.165) is 32.4 Å². The predicted molar refractivity (Wildman–Crippen MR) is 148 cm³/mol. The molecule has 0 bridgehead atoms. The first-order valence-electron chi connectivity index (χ1n) is 13.0. The van der Waals surface area contributed by atoms with Crippen molar-refractivity contribution >= 4 is 14.4 Å². The van der Waals surface area contributed by atoms with Crippen LogP contribution in [0.5, 0.6) is 0 Å². The maximum atomic E-state index is 6.47. The summed E-state index contributed by atoms with van der Waals surface area (Å²) in [4.78, 5) is 0. The Hall–Kier alpha value is -2.10. The van der Waals surface area contributed by atoms with Crippen LogP contribution in [0.25, 0.3) is 6.08 Å². The van der Waals surface area contributed by atoms with Crippen LogP contribution in [-0.4, -0.2) is 14.9 Å². The van der Waals surface area contributed by atoms with E-state index in [1.165, 1.54) is 41.3 Å². The van der Waals surface area contributed by atoms with Gasteiger partial charge in [-0.15, -0.1) is 0 Å². The zero-order valence-corrected chi connectivity index (χ0v) is 22.4. The minimum absolute atomic E-state index is 0.432. The van der Waals surface area contributed by atoms with Gasteiger partial charge in [0, 0.05) is 12.5 Å². The van der Waals surface area contributed by atoms with Gasteiger partial charge in [-0.2, -0.15) is 0 Å². The van der Waals surface area contributed by atoms with Gasteiger partial charge in [-0.25, -0.2) is 0 Å². The maximum Gasteiger partial charge on any atom is 0.249 e. The van der Waals surface area contributed by atoms with Crippen molar-refractivity contribution in [3.05, 3.63) is 89.7 Å². The lowest BCUT2D eigenvalue weighted by molar-refractivity contribution is 0.450. The van der Waals surface area contributed by atoms with Gasteiger partial charge in [-0.05, 0) is 61.1 Å². The highest BCUT2D eigenvalue weighted by molar-refractivity contribution is 6.73. The van der Waals surface area contributed by atoms with Gasteiger partial charge in [0.05, 0.1) is 6.26 Å². The zero-order valence-electron chi connectivity index (χ0n) is 21.4. The van der Waals surface area contributed by atoms with Gasteiger partial charge < -0.3 is 9.74 Å². The fourth-order valence-corrected chi connectivity index (χ4v) is 6.74. The van der Waals surface area contributed by atoms with Gasteiger partial charge in [0.25, 0.3) is 0 Å². The molecule has 0 aliphatic rings. The molecule has 180 valence electrons. The van der Waals surface area contributed by atoms with Crippen LogP contribution < -0.4 is 5.32 Å². The third-order valence-corrected chi connectivity index (χ3v) is 11.3. The molecule has 3 heteroatoms. The number of hydrogen-bond acceptors (Lipinski definition) is 2. The van der Waals surface area contributed by atoms with Crippen LogP contribution in [0.3, 0.4) is 0 Å². The Kier molecular flexibility index (Phi) is 12.9. The van der Waals surface area contributed by atoms with Gasteiger partial charge in [-0.3, -0.25) is 0 Å². The van der Waals surface area contributed by atoms with Crippen molar-refractivity contribution in [2.45, 2.75) is 78.1 Å². The zero-order chi connectivity index (χ0) is 23.8. The van der Waals surface area contributed by atoms with E-state index in [-0.39, 0.29) is 0 Å². The molecule has 0 fully saturated rings. The Labute approximate surface area is 204 Å². The molecule has 0 aromatic heterocycles. The topological polar surface area (TPSA) is 21.3 Å². The Balaban J connectivity index is 2.07. The molecule has 2 rings (SSSR count). The number of rotatable bonds is 16. The number of benzene rings is 2. The van der Waals surface area contributed by atoms with Crippen LogP contribution in [0.2, 0.25) is 18.1 Å². The second-order valence-corrected chi connectivity index (χ2v) is 13.7. The summed E-state index contributed by atoms with van der Waals surface area (Å²) in [5.41, 5.74) is 4.15. The van der Waals surface area contributed by atoms with Gasteiger partial charge in [0.15, 0.2) is 0 Å². The molecule has 0 saturated carbocycles. The third kappa shape index (κ3) is 9.73. The highest BCUT2D eigenvalue weighted by atomic mass is 28.4. The van der Waals surface area contributed by atoms with Crippen molar-refractivity contribution < 1.29 is 4.43 Å². The highest BCUT2D eigenvalue weighted by Gasteiger charge is 2.29. The number of nitrogens with one attached hydrogen (secondary N) is 1. The van der Waals surface area contributed by atoms with E-state index >= 15 is 0 Å². The molecule has 1 atom stereocenters. The van der Waals surface area contributed by atoms with Crippen molar-refractivity contribution in [1.82, 2.24) is 5.32 Å². The first-order chi connectivity index (χ1) is 16.2. The minimum Gasteiger partial charge on any atom is -0.549 e. The summed E-state index contributed by atoms with van der Waals surface area (Å²) >= 11 is 0. The van der Waals surface area contributed by atoms with Crippen LogP contribution in [0, 0.1) is 5.92 Å². The van der Waals surface area contributed by atoms with Crippen LogP contribution in [0.4, 0.5) is 0 Å². The minimum atomic E-state index is -1.60. The molecule has 0 spiro atoms. The molecule has 2 aromatic carbocycles. The molecular formula is C30H45NOSi. The molecule has 0 aliphatic carbocycles. The number of hydrogen-bond donors (Lipinski definition) is 1. The lowest BCUT2D eigenvalue weighted by atomic mass is 9.89. The second kappa shape index (κ2) is 15.7.